The number of furan rings is 1. The molecule has 1 aromatic rings. The summed E-state index contributed by atoms with van der Waals surface area (Å²) in [5.41, 5.74) is 1.28. The van der Waals surface area contributed by atoms with E-state index in [0.29, 0.717) is 0 Å². The van der Waals surface area contributed by atoms with Gasteiger partial charge >= 0.3 is 0 Å². The van der Waals surface area contributed by atoms with Crippen molar-refractivity contribution in [3.63, 3.8) is 0 Å². The Morgan fingerprint density at radius 1 is 1.22 bits per heavy atom. The van der Waals surface area contributed by atoms with Crippen LogP contribution in [0.5, 0.6) is 0 Å². The summed E-state index contributed by atoms with van der Waals surface area (Å²) in [5.74, 6) is 5.29. The predicted octanol–water partition coefficient (Wildman–Crippen LogP) is 3.50. The zero-order valence-corrected chi connectivity index (χ0v) is 11.2. The minimum Gasteiger partial charge on any atom is -0.468 e. The largest absolute Gasteiger partial charge is 0.468 e. The van der Waals surface area contributed by atoms with E-state index in [-0.39, 0.29) is 0 Å². The highest BCUT2D eigenvalue weighted by molar-refractivity contribution is 5.15. The summed E-state index contributed by atoms with van der Waals surface area (Å²) in [4.78, 5) is 0. The summed E-state index contributed by atoms with van der Waals surface area (Å²) >= 11 is 0. The average Bonchev–Trinajstić information content (AvgIpc) is 3.08. The van der Waals surface area contributed by atoms with Gasteiger partial charge in [0.25, 0.3) is 0 Å². The summed E-state index contributed by atoms with van der Waals surface area (Å²) in [6.07, 6.45) is 9.25. The smallest absolute Gasteiger partial charge is 0.120 e. The van der Waals surface area contributed by atoms with Crippen LogP contribution in [-0.2, 0) is 6.54 Å². The Morgan fingerprint density at radius 2 is 2.11 bits per heavy atom. The van der Waals surface area contributed by atoms with Crippen LogP contribution in [-0.4, -0.2) is 6.04 Å². The van der Waals surface area contributed by atoms with Gasteiger partial charge < -0.3 is 9.73 Å². The molecule has 18 heavy (non-hydrogen) atoms. The molecule has 0 radical (unpaired) electrons. The van der Waals surface area contributed by atoms with Gasteiger partial charge in [-0.1, -0.05) is 6.42 Å². The van der Waals surface area contributed by atoms with Crippen molar-refractivity contribution in [3.05, 3.63) is 23.7 Å². The van der Waals surface area contributed by atoms with Crippen LogP contribution in [0, 0.1) is 30.6 Å². The van der Waals surface area contributed by atoms with E-state index in [2.05, 4.69) is 18.3 Å². The van der Waals surface area contributed by atoms with Crippen LogP contribution in [0.1, 0.15) is 43.4 Å². The Bertz CT molecular complexity index is 438. The normalized spacial score (nSPS) is 41.5. The fourth-order valence-electron chi connectivity index (χ4n) is 5.11. The topological polar surface area (TPSA) is 25.2 Å². The number of fused-ring (bicyclic) bond motifs is 5. The second-order valence-electron chi connectivity index (χ2n) is 6.67. The van der Waals surface area contributed by atoms with E-state index in [9.17, 15) is 0 Å². The van der Waals surface area contributed by atoms with Crippen LogP contribution in [0.15, 0.2) is 16.7 Å². The van der Waals surface area contributed by atoms with Crippen LogP contribution >= 0.6 is 0 Å². The van der Waals surface area contributed by atoms with E-state index in [1.807, 2.05) is 0 Å². The van der Waals surface area contributed by atoms with Crippen molar-refractivity contribution in [2.45, 2.75) is 51.6 Å². The zero-order chi connectivity index (χ0) is 12.1. The molecule has 0 aliphatic heterocycles. The lowest BCUT2D eigenvalue weighted by atomic mass is 9.79. The Labute approximate surface area is 109 Å². The third-order valence-corrected chi connectivity index (χ3v) is 5.92. The second kappa shape index (κ2) is 4.12. The fourth-order valence-corrected chi connectivity index (χ4v) is 5.11. The Hall–Kier alpha value is -0.760. The van der Waals surface area contributed by atoms with E-state index < -0.39 is 0 Å². The van der Waals surface area contributed by atoms with Gasteiger partial charge in [-0.25, -0.2) is 0 Å². The molecule has 2 heteroatoms. The number of nitrogens with one attached hydrogen (secondary N) is 1. The first-order valence-electron chi connectivity index (χ1n) is 7.59. The lowest BCUT2D eigenvalue weighted by molar-refractivity contribution is 0.205. The molecule has 5 atom stereocenters. The van der Waals surface area contributed by atoms with Gasteiger partial charge in [0, 0.05) is 6.04 Å². The third-order valence-electron chi connectivity index (χ3n) is 5.92. The molecular formula is C16H23NO. The van der Waals surface area contributed by atoms with Crippen molar-refractivity contribution in [2.24, 2.45) is 23.7 Å². The van der Waals surface area contributed by atoms with Gasteiger partial charge in [-0.2, -0.15) is 0 Å². The Kier molecular flexibility index (Phi) is 2.54. The van der Waals surface area contributed by atoms with E-state index in [1.54, 1.807) is 6.26 Å². The molecule has 0 spiro atoms. The minimum absolute atomic E-state index is 0.763. The lowest BCUT2D eigenvalue weighted by Gasteiger charge is -2.32. The molecule has 0 saturated heterocycles. The molecule has 3 aliphatic rings. The van der Waals surface area contributed by atoms with Gasteiger partial charge in [-0.15, -0.1) is 0 Å². The van der Waals surface area contributed by atoms with Crippen LogP contribution < -0.4 is 5.32 Å². The zero-order valence-electron chi connectivity index (χ0n) is 11.2. The average molecular weight is 245 g/mol. The summed E-state index contributed by atoms with van der Waals surface area (Å²) in [6, 6.07) is 2.82. The first-order chi connectivity index (χ1) is 8.83. The number of hydrogen-bond acceptors (Lipinski definition) is 2. The quantitative estimate of drug-likeness (QED) is 0.881. The summed E-state index contributed by atoms with van der Waals surface area (Å²) < 4.78 is 5.53. The van der Waals surface area contributed by atoms with Crippen molar-refractivity contribution >= 4 is 0 Å². The SMILES string of the molecule is Cc1ccoc1CNC1CC2CC1C1CCCC21. The summed E-state index contributed by atoms with van der Waals surface area (Å²) in [6.45, 7) is 3.05. The van der Waals surface area contributed by atoms with Crippen molar-refractivity contribution in [3.8, 4) is 0 Å². The maximum atomic E-state index is 5.53. The highest BCUT2D eigenvalue weighted by Crippen LogP contribution is 2.58. The molecule has 98 valence electrons. The lowest BCUT2D eigenvalue weighted by Crippen LogP contribution is -2.38. The Morgan fingerprint density at radius 3 is 2.94 bits per heavy atom. The predicted molar refractivity (Wildman–Crippen MR) is 71.1 cm³/mol. The van der Waals surface area contributed by atoms with E-state index in [4.69, 9.17) is 4.42 Å². The maximum Gasteiger partial charge on any atom is 0.120 e. The molecule has 3 aliphatic carbocycles. The summed E-state index contributed by atoms with van der Waals surface area (Å²) in [7, 11) is 0. The second-order valence-corrected chi connectivity index (χ2v) is 6.67. The van der Waals surface area contributed by atoms with Crippen molar-refractivity contribution in [1.29, 1.82) is 0 Å². The fraction of sp³-hybridized carbons (Fsp3) is 0.750. The van der Waals surface area contributed by atoms with Crippen molar-refractivity contribution in [2.75, 3.05) is 0 Å². The molecule has 0 aromatic carbocycles. The molecule has 2 nitrogen and oxygen atoms in total. The Balaban J connectivity index is 1.41. The molecule has 3 fully saturated rings. The van der Waals surface area contributed by atoms with Gasteiger partial charge in [0.15, 0.2) is 0 Å². The van der Waals surface area contributed by atoms with E-state index in [0.717, 1.165) is 42.0 Å². The van der Waals surface area contributed by atoms with Gasteiger partial charge in [0.1, 0.15) is 5.76 Å². The van der Waals surface area contributed by atoms with Gasteiger partial charge in [-0.05, 0) is 67.9 Å². The third kappa shape index (κ3) is 1.58. The number of aryl methyl sites for hydroxylation is 1. The summed E-state index contributed by atoms with van der Waals surface area (Å²) in [5, 5.41) is 3.78. The monoisotopic (exact) mass is 245 g/mol. The van der Waals surface area contributed by atoms with Gasteiger partial charge in [0.05, 0.1) is 12.8 Å². The van der Waals surface area contributed by atoms with Crippen LogP contribution in [0.4, 0.5) is 0 Å². The molecule has 1 heterocycles. The van der Waals surface area contributed by atoms with Crippen LogP contribution in [0.3, 0.4) is 0 Å². The minimum atomic E-state index is 0.763. The first-order valence-corrected chi connectivity index (χ1v) is 7.59. The first kappa shape index (κ1) is 11.1. The molecule has 4 rings (SSSR count). The molecular weight excluding hydrogens is 222 g/mol. The van der Waals surface area contributed by atoms with Crippen molar-refractivity contribution in [1.82, 2.24) is 5.32 Å². The molecule has 3 saturated carbocycles. The maximum absolute atomic E-state index is 5.53. The van der Waals surface area contributed by atoms with Gasteiger partial charge in [0.2, 0.25) is 0 Å². The standard InChI is InChI=1S/C16H23NO/c1-10-5-6-18-16(10)9-17-15-8-11-7-14(15)13-4-2-3-12(11)13/h5-6,11-15,17H,2-4,7-9H2,1H3. The van der Waals surface area contributed by atoms with Gasteiger partial charge in [-0.3, -0.25) is 0 Å². The number of hydrogen-bond donors (Lipinski definition) is 1. The van der Waals surface area contributed by atoms with Crippen molar-refractivity contribution < 1.29 is 4.42 Å². The van der Waals surface area contributed by atoms with E-state index in [1.165, 1.54) is 37.7 Å². The number of rotatable bonds is 3. The molecule has 0 amide bonds. The molecule has 2 bridgehead atoms. The van der Waals surface area contributed by atoms with Crippen LogP contribution in [0.25, 0.3) is 0 Å². The van der Waals surface area contributed by atoms with E-state index >= 15 is 0 Å². The molecule has 1 aromatic heterocycles. The van der Waals surface area contributed by atoms with Crippen LogP contribution in [0.2, 0.25) is 0 Å². The highest BCUT2D eigenvalue weighted by atomic mass is 16.3. The molecule has 1 N–H and O–H groups in total. The molecule has 5 unspecified atom stereocenters. The highest BCUT2D eigenvalue weighted by Gasteiger charge is 2.53.